The monoisotopic (exact) mass is 272 g/mol. The molecular formula is C16H20N2O2. The van der Waals surface area contributed by atoms with Crippen LogP contribution in [0.1, 0.15) is 30.1 Å². The van der Waals surface area contributed by atoms with E-state index in [1.165, 1.54) is 0 Å². The van der Waals surface area contributed by atoms with Crippen LogP contribution >= 0.6 is 0 Å². The van der Waals surface area contributed by atoms with Crippen LogP contribution in [0.2, 0.25) is 0 Å². The maximum Gasteiger partial charge on any atom is 0.255 e. The highest BCUT2D eigenvalue weighted by Crippen LogP contribution is 2.21. The number of likely N-dealkylation sites (tertiary alicyclic amines) is 1. The van der Waals surface area contributed by atoms with Gasteiger partial charge in [0.05, 0.1) is 17.2 Å². The summed E-state index contributed by atoms with van der Waals surface area (Å²) in [5, 5.41) is 1.08. The first-order chi connectivity index (χ1) is 9.79. The maximum atomic E-state index is 12.6. The Bertz CT molecular complexity index is 597. The third-order valence-electron chi connectivity index (χ3n) is 3.95. The van der Waals surface area contributed by atoms with Gasteiger partial charge < -0.3 is 14.6 Å². The van der Waals surface area contributed by atoms with E-state index in [-0.39, 0.29) is 5.91 Å². The van der Waals surface area contributed by atoms with Crippen molar-refractivity contribution in [1.29, 1.82) is 0 Å². The molecule has 0 spiro atoms. The Morgan fingerprint density at radius 1 is 1.35 bits per heavy atom. The molecule has 106 valence electrons. The standard InChI is InChI=1S/C16H20N2O2/c1-2-20-13-7-10-18(11-8-13)16(19)14-5-3-4-12-6-9-17-15(12)14/h3-6,9,13,17H,2,7-8,10-11H2,1H3. The fourth-order valence-electron chi connectivity index (χ4n) is 2.89. The summed E-state index contributed by atoms with van der Waals surface area (Å²) in [7, 11) is 0. The molecule has 0 atom stereocenters. The smallest absolute Gasteiger partial charge is 0.255 e. The molecule has 3 rings (SSSR count). The van der Waals surface area contributed by atoms with Crippen LogP contribution in [0.4, 0.5) is 0 Å². The van der Waals surface area contributed by atoms with Gasteiger partial charge in [-0.1, -0.05) is 12.1 Å². The maximum absolute atomic E-state index is 12.6. The van der Waals surface area contributed by atoms with E-state index in [0.29, 0.717) is 6.10 Å². The number of hydrogen-bond acceptors (Lipinski definition) is 2. The normalized spacial score (nSPS) is 16.8. The first-order valence-electron chi connectivity index (χ1n) is 7.26. The molecule has 1 amide bonds. The molecule has 2 aromatic rings. The molecule has 1 fully saturated rings. The number of carbonyl (C=O) groups is 1. The quantitative estimate of drug-likeness (QED) is 0.933. The molecule has 0 aliphatic carbocycles. The van der Waals surface area contributed by atoms with E-state index >= 15 is 0 Å². The number of fused-ring (bicyclic) bond motifs is 1. The number of aromatic nitrogens is 1. The number of nitrogens with zero attached hydrogens (tertiary/aromatic N) is 1. The number of para-hydroxylation sites is 1. The molecular weight excluding hydrogens is 252 g/mol. The summed E-state index contributed by atoms with van der Waals surface area (Å²) in [6.45, 7) is 4.32. The Hall–Kier alpha value is -1.81. The summed E-state index contributed by atoms with van der Waals surface area (Å²) in [4.78, 5) is 17.7. The number of hydrogen-bond donors (Lipinski definition) is 1. The van der Waals surface area contributed by atoms with Crippen molar-refractivity contribution in [3.05, 3.63) is 36.0 Å². The highest BCUT2D eigenvalue weighted by atomic mass is 16.5. The van der Waals surface area contributed by atoms with Crippen molar-refractivity contribution < 1.29 is 9.53 Å². The lowest BCUT2D eigenvalue weighted by molar-refractivity contribution is 0.0146. The van der Waals surface area contributed by atoms with E-state index in [2.05, 4.69) is 4.98 Å². The largest absolute Gasteiger partial charge is 0.378 e. The molecule has 1 aliphatic rings. The van der Waals surface area contributed by atoms with Gasteiger partial charge in [0, 0.05) is 31.3 Å². The minimum absolute atomic E-state index is 0.119. The second-order valence-corrected chi connectivity index (χ2v) is 5.19. The van der Waals surface area contributed by atoms with E-state index < -0.39 is 0 Å². The fraction of sp³-hybridized carbons (Fsp3) is 0.438. The van der Waals surface area contributed by atoms with Gasteiger partial charge in [-0.05, 0) is 31.9 Å². The Labute approximate surface area is 118 Å². The van der Waals surface area contributed by atoms with Crippen molar-refractivity contribution in [3.8, 4) is 0 Å². The summed E-state index contributed by atoms with van der Waals surface area (Å²) < 4.78 is 5.63. The number of ether oxygens (including phenoxy) is 1. The van der Waals surface area contributed by atoms with Crippen molar-refractivity contribution in [3.63, 3.8) is 0 Å². The number of benzene rings is 1. The lowest BCUT2D eigenvalue weighted by atomic mass is 10.1. The van der Waals surface area contributed by atoms with E-state index in [9.17, 15) is 4.79 Å². The van der Waals surface area contributed by atoms with Gasteiger partial charge in [-0.3, -0.25) is 4.79 Å². The van der Waals surface area contributed by atoms with E-state index in [4.69, 9.17) is 4.74 Å². The molecule has 0 unspecified atom stereocenters. The lowest BCUT2D eigenvalue weighted by Crippen LogP contribution is -2.41. The van der Waals surface area contributed by atoms with Crippen molar-refractivity contribution in [2.24, 2.45) is 0 Å². The van der Waals surface area contributed by atoms with Gasteiger partial charge >= 0.3 is 0 Å². The van der Waals surface area contributed by atoms with Crippen molar-refractivity contribution in [1.82, 2.24) is 9.88 Å². The van der Waals surface area contributed by atoms with Crippen LogP contribution < -0.4 is 0 Å². The van der Waals surface area contributed by atoms with Crippen LogP contribution in [-0.2, 0) is 4.74 Å². The van der Waals surface area contributed by atoms with Gasteiger partial charge in [0.25, 0.3) is 5.91 Å². The number of aromatic amines is 1. The molecule has 4 heteroatoms. The number of H-pyrrole nitrogens is 1. The van der Waals surface area contributed by atoms with E-state index in [1.54, 1.807) is 0 Å². The van der Waals surface area contributed by atoms with Gasteiger partial charge in [0.2, 0.25) is 0 Å². The minimum atomic E-state index is 0.119. The average molecular weight is 272 g/mol. The van der Waals surface area contributed by atoms with Crippen molar-refractivity contribution in [2.45, 2.75) is 25.9 Å². The second kappa shape index (κ2) is 5.67. The number of piperidine rings is 1. The van der Waals surface area contributed by atoms with Gasteiger partial charge in [0.1, 0.15) is 0 Å². The average Bonchev–Trinajstić information content (AvgIpc) is 2.96. The van der Waals surface area contributed by atoms with E-state index in [0.717, 1.165) is 49.0 Å². The molecule has 0 bridgehead atoms. The molecule has 1 aromatic heterocycles. The number of carbonyl (C=O) groups excluding carboxylic acids is 1. The molecule has 1 saturated heterocycles. The summed E-state index contributed by atoms with van der Waals surface area (Å²) in [6, 6.07) is 7.85. The van der Waals surface area contributed by atoms with Gasteiger partial charge in [0.15, 0.2) is 0 Å². The molecule has 2 heterocycles. The summed E-state index contributed by atoms with van der Waals surface area (Å²) >= 11 is 0. The lowest BCUT2D eigenvalue weighted by Gasteiger charge is -2.31. The zero-order chi connectivity index (χ0) is 13.9. The van der Waals surface area contributed by atoms with E-state index in [1.807, 2.05) is 42.3 Å². The number of rotatable bonds is 3. The third kappa shape index (κ3) is 2.43. The van der Waals surface area contributed by atoms with Gasteiger partial charge in [-0.15, -0.1) is 0 Å². The Kier molecular flexibility index (Phi) is 3.74. The SMILES string of the molecule is CCOC1CCN(C(=O)c2cccc3cc[nH]c23)CC1. The first-order valence-corrected chi connectivity index (χ1v) is 7.26. The van der Waals surface area contributed by atoms with Crippen LogP contribution in [0.5, 0.6) is 0 Å². The van der Waals surface area contributed by atoms with Gasteiger partial charge in [-0.2, -0.15) is 0 Å². The fourth-order valence-corrected chi connectivity index (χ4v) is 2.89. The molecule has 4 nitrogen and oxygen atoms in total. The van der Waals surface area contributed by atoms with Crippen molar-refractivity contribution in [2.75, 3.05) is 19.7 Å². The molecule has 1 N–H and O–H groups in total. The van der Waals surface area contributed by atoms with Crippen LogP contribution in [0.3, 0.4) is 0 Å². The molecule has 0 saturated carbocycles. The highest BCUT2D eigenvalue weighted by Gasteiger charge is 2.24. The Morgan fingerprint density at radius 3 is 2.90 bits per heavy atom. The van der Waals surface area contributed by atoms with Crippen LogP contribution in [-0.4, -0.2) is 41.6 Å². The summed E-state index contributed by atoms with van der Waals surface area (Å²) in [6.07, 6.45) is 4.05. The molecule has 20 heavy (non-hydrogen) atoms. The van der Waals surface area contributed by atoms with Crippen LogP contribution in [0, 0.1) is 0 Å². The predicted molar refractivity (Wildman–Crippen MR) is 78.9 cm³/mol. The number of nitrogens with one attached hydrogen (secondary N) is 1. The first kappa shape index (κ1) is 13.2. The number of amides is 1. The Morgan fingerprint density at radius 2 is 2.15 bits per heavy atom. The highest BCUT2D eigenvalue weighted by molar-refractivity contribution is 6.05. The predicted octanol–water partition coefficient (Wildman–Crippen LogP) is 2.81. The zero-order valence-electron chi connectivity index (χ0n) is 11.8. The minimum Gasteiger partial charge on any atom is -0.378 e. The third-order valence-corrected chi connectivity index (χ3v) is 3.95. The molecule has 0 radical (unpaired) electrons. The Balaban J connectivity index is 1.75. The summed E-state index contributed by atoms with van der Waals surface area (Å²) in [5.41, 5.74) is 1.70. The van der Waals surface area contributed by atoms with Crippen molar-refractivity contribution >= 4 is 16.8 Å². The molecule has 1 aromatic carbocycles. The second-order valence-electron chi connectivity index (χ2n) is 5.19. The van der Waals surface area contributed by atoms with Crippen LogP contribution in [0.15, 0.2) is 30.5 Å². The van der Waals surface area contributed by atoms with Gasteiger partial charge in [-0.25, -0.2) is 0 Å². The topological polar surface area (TPSA) is 45.3 Å². The summed E-state index contributed by atoms with van der Waals surface area (Å²) in [5.74, 6) is 0.119. The van der Waals surface area contributed by atoms with Crippen LogP contribution in [0.25, 0.3) is 10.9 Å². The molecule has 1 aliphatic heterocycles. The zero-order valence-corrected chi connectivity index (χ0v) is 11.8.